The van der Waals surface area contributed by atoms with Crippen LogP contribution in [0, 0.1) is 5.82 Å². The van der Waals surface area contributed by atoms with Crippen LogP contribution in [0.25, 0.3) is 0 Å². The van der Waals surface area contributed by atoms with Gasteiger partial charge in [0.05, 0.1) is 0 Å². The third kappa shape index (κ3) is 3.11. The Hall–Kier alpha value is -1.58. The lowest BCUT2D eigenvalue weighted by Crippen LogP contribution is -2.21. The van der Waals surface area contributed by atoms with E-state index in [1.807, 2.05) is 42.3 Å². The van der Waals surface area contributed by atoms with Crippen molar-refractivity contribution in [2.24, 2.45) is 5.73 Å². The number of nitrogens with two attached hydrogens (primary N) is 1. The van der Waals surface area contributed by atoms with Crippen molar-refractivity contribution < 1.29 is 4.39 Å². The Bertz CT molecular complexity index is 599. The first kappa shape index (κ1) is 14.8. The Morgan fingerprint density at radius 1 is 1.20 bits per heavy atom. The molecular formula is C16H18ClFN2. The summed E-state index contributed by atoms with van der Waals surface area (Å²) in [4.78, 5) is 1.96. The van der Waals surface area contributed by atoms with Gasteiger partial charge in [-0.3, -0.25) is 0 Å². The fraction of sp³-hybridized carbons (Fsp3) is 0.250. The van der Waals surface area contributed by atoms with Gasteiger partial charge in [-0.25, -0.2) is 4.39 Å². The standard InChI is InChI=1S/C16H18ClFN2/c1-11(19)16-14(18)8-5-9-15(16)20(2)10-12-6-3-4-7-13(12)17/h3-9,11H,10,19H2,1-2H3/t11-/m1/s1. The molecule has 2 rings (SSSR count). The van der Waals surface area contributed by atoms with Gasteiger partial charge < -0.3 is 10.6 Å². The minimum absolute atomic E-state index is 0.275. The topological polar surface area (TPSA) is 29.3 Å². The molecule has 0 heterocycles. The smallest absolute Gasteiger partial charge is 0.130 e. The average molecular weight is 293 g/mol. The molecule has 106 valence electrons. The van der Waals surface area contributed by atoms with Gasteiger partial charge in [-0.15, -0.1) is 0 Å². The second-order valence-corrected chi connectivity index (χ2v) is 5.32. The van der Waals surface area contributed by atoms with E-state index in [2.05, 4.69) is 0 Å². The van der Waals surface area contributed by atoms with Gasteiger partial charge in [-0.2, -0.15) is 0 Å². The number of hydrogen-bond acceptors (Lipinski definition) is 2. The molecule has 0 aliphatic heterocycles. The van der Waals surface area contributed by atoms with Crippen LogP contribution in [-0.4, -0.2) is 7.05 Å². The van der Waals surface area contributed by atoms with Gasteiger partial charge in [0.2, 0.25) is 0 Å². The number of anilines is 1. The van der Waals surface area contributed by atoms with Crippen LogP contribution >= 0.6 is 11.6 Å². The van der Waals surface area contributed by atoms with Crippen LogP contribution in [0.4, 0.5) is 10.1 Å². The minimum Gasteiger partial charge on any atom is -0.370 e. The molecule has 0 unspecified atom stereocenters. The summed E-state index contributed by atoms with van der Waals surface area (Å²) >= 11 is 6.16. The quantitative estimate of drug-likeness (QED) is 0.918. The molecule has 4 heteroatoms. The van der Waals surface area contributed by atoms with Crippen LogP contribution < -0.4 is 10.6 Å². The molecule has 20 heavy (non-hydrogen) atoms. The van der Waals surface area contributed by atoms with E-state index in [1.165, 1.54) is 6.07 Å². The molecule has 2 nitrogen and oxygen atoms in total. The van der Waals surface area contributed by atoms with Crippen molar-refractivity contribution in [2.45, 2.75) is 19.5 Å². The van der Waals surface area contributed by atoms with Crippen LogP contribution in [0.1, 0.15) is 24.1 Å². The van der Waals surface area contributed by atoms with E-state index in [9.17, 15) is 4.39 Å². The van der Waals surface area contributed by atoms with Gasteiger partial charge in [-0.05, 0) is 30.7 Å². The fourth-order valence-electron chi connectivity index (χ4n) is 2.28. The van der Waals surface area contributed by atoms with Gasteiger partial charge in [-0.1, -0.05) is 35.9 Å². The summed E-state index contributed by atoms with van der Waals surface area (Å²) in [6.07, 6.45) is 0. The van der Waals surface area contributed by atoms with Crippen LogP contribution in [0.3, 0.4) is 0 Å². The minimum atomic E-state index is -0.361. The van der Waals surface area contributed by atoms with Gasteiger partial charge in [0, 0.05) is 35.9 Å². The zero-order valence-electron chi connectivity index (χ0n) is 11.6. The Labute approximate surface area is 124 Å². The zero-order chi connectivity index (χ0) is 14.7. The molecule has 0 fully saturated rings. The first-order valence-corrected chi connectivity index (χ1v) is 6.87. The highest BCUT2D eigenvalue weighted by molar-refractivity contribution is 6.31. The van der Waals surface area contributed by atoms with Crippen molar-refractivity contribution in [3.8, 4) is 0 Å². The SMILES string of the molecule is C[C@@H](N)c1c(F)cccc1N(C)Cc1ccccc1Cl. The molecule has 0 saturated heterocycles. The van der Waals surface area contributed by atoms with Crippen LogP contribution in [0.15, 0.2) is 42.5 Å². The predicted octanol–water partition coefficient (Wildman–Crippen LogP) is 4.14. The highest BCUT2D eigenvalue weighted by atomic mass is 35.5. The highest BCUT2D eigenvalue weighted by Crippen LogP contribution is 2.29. The molecule has 0 amide bonds. The van der Waals surface area contributed by atoms with Crippen LogP contribution in [-0.2, 0) is 6.54 Å². The van der Waals surface area contributed by atoms with E-state index in [1.54, 1.807) is 13.0 Å². The first-order valence-electron chi connectivity index (χ1n) is 6.49. The predicted molar refractivity (Wildman–Crippen MR) is 82.6 cm³/mol. The molecule has 2 N–H and O–H groups in total. The zero-order valence-corrected chi connectivity index (χ0v) is 12.4. The van der Waals surface area contributed by atoms with E-state index in [4.69, 9.17) is 17.3 Å². The second-order valence-electron chi connectivity index (χ2n) is 4.91. The van der Waals surface area contributed by atoms with E-state index >= 15 is 0 Å². The Morgan fingerprint density at radius 2 is 1.90 bits per heavy atom. The Balaban J connectivity index is 2.33. The fourth-order valence-corrected chi connectivity index (χ4v) is 2.47. The maximum absolute atomic E-state index is 13.9. The van der Waals surface area contributed by atoms with Crippen molar-refractivity contribution in [3.63, 3.8) is 0 Å². The Kier molecular flexibility index (Phi) is 4.63. The highest BCUT2D eigenvalue weighted by Gasteiger charge is 2.16. The van der Waals surface area contributed by atoms with Gasteiger partial charge in [0.1, 0.15) is 5.82 Å². The normalized spacial score (nSPS) is 12.2. The van der Waals surface area contributed by atoms with Crippen molar-refractivity contribution in [1.29, 1.82) is 0 Å². The summed E-state index contributed by atoms with van der Waals surface area (Å²) in [5.41, 5.74) is 8.20. The molecule has 0 aliphatic carbocycles. The molecule has 2 aromatic rings. The van der Waals surface area contributed by atoms with E-state index in [-0.39, 0.29) is 11.9 Å². The molecule has 1 atom stereocenters. The summed E-state index contributed by atoms with van der Waals surface area (Å²) in [7, 11) is 1.91. The van der Waals surface area contributed by atoms with E-state index in [0.29, 0.717) is 17.1 Å². The maximum Gasteiger partial charge on any atom is 0.130 e. The second kappa shape index (κ2) is 6.25. The summed E-state index contributed by atoms with van der Waals surface area (Å²) in [5, 5.41) is 0.707. The summed E-state index contributed by atoms with van der Waals surface area (Å²) in [6.45, 7) is 2.38. The number of hydrogen-bond donors (Lipinski definition) is 1. The average Bonchev–Trinajstić information content (AvgIpc) is 2.40. The van der Waals surface area contributed by atoms with E-state index in [0.717, 1.165) is 11.3 Å². The number of rotatable bonds is 4. The van der Waals surface area contributed by atoms with Crippen molar-refractivity contribution in [1.82, 2.24) is 0 Å². The Morgan fingerprint density at radius 3 is 2.55 bits per heavy atom. The lowest BCUT2D eigenvalue weighted by atomic mass is 10.0. The third-order valence-corrected chi connectivity index (χ3v) is 3.63. The van der Waals surface area contributed by atoms with Crippen molar-refractivity contribution >= 4 is 17.3 Å². The first-order chi connectivity index (χ1) is 9.50. The molecule has 0 radical (unpaired) electrons. The largest absolute Gasteiger partial charge is 0.370 e. The molecular weight excluding hydrogens is 275 g/mol. The summed E-state index contributed by atoms with van der Waals surface area (Å²) in [6, 6.07) is 12.3. The summed E-state index contributed by atoms with van der Waals surface area (Å²) < 4.78 is 13.9. The van der Waals surface area contributed by atoms with Gasteiger partial charge >= 0.3 is 0 Å². The molecule has 2 aromatic carbocycles. The lowest BCUT2D eigenvalue weighted by Gasteiger charge is -2.24. The third-order valence-electron chi connectivity index (χ3n) is 3.26. The maximum atomic E-state index is 13.9. The van der Waals surface area contributed by atoms with Crippen LogP contribution in [0.2, 0.25) is 5.02 Å². The lowest BCUT2D eigenvalue weighted by molar-refractivity contribution is 0.592. The van der Waals surface area contributed by atoms with Crippen molar-refractivity contribution in [3.05, 3.63) is 64.4 Å². The molecule has 0 aromatic heterocycles. The van der Waals surface area contributed by atoms with Gasteiger partial charge in [0.25, 0.3) is 0 Å². The molecule has 0 bridgehead atoms. The molecule has 0 saturated carbocycles. The summed E-state index contributed by atoms with van der Waals surface area (Å²) in [5.74, 6) is -0.275. The number of halogens is 2. The van der Waals surface area contributed by atoms with Crippen LogP contribution in [0.5, 0.6) is 0 Å². The number of benzene rings is 2. The van der Waals surface area contributed by atoms with Crippen molar-refractivity contribution in [2.75, 3.05) is 11.9 Å². The van der Waals surface area contributed by atoms with Gasteiger partial charge in [0.15, 0.2) is 0 Å². The molecule has 0 spiro atoms. The number of nitrogens with zero attached hydrogens (tertiary/aromatic N) is 1. The van der Waals surface area contributed by atoms with E-state index < -0.39 is 0 Å². The monoisotopic (exact) mass is 292 g/mol. The molecule has 0 aliphatic rings.